The molecule has 0 saturated carbocycles. The van der Waals surface area contributed by atoms with Crippen molar-refractivity contribution in [2.24, 2.45) is 5.92 Å². The molecule has 0 aromatic heterocycles. The number of carbonyl (C=O) groups is 3. The maximum Gasteiger partial charge on any atom is 0.414 e. The van der Waals surface area contributed by atoms with Crippen LogP contribution in [0.15, 0.2) is 54.6 Å². The van der Waals surface area contributed by atoms with Crippen molar-refractivity contribution in [2.45, 2.75) is 91.0 Å². The number of carbonyl (C=O) groups excluding carboxylic acids is 3. The Hall–Kier alpha value is -3.97. The van der Waals surface area contributed by atoms with Crippen LogP contribution >= 0.6 is 0 Å². The van der Waals surface area contributed by atoms with Gasteiger partial charge in [0.15, 0.2) is 8.32 Å². The molecule has 12 nitrogen and oxygen atoms in total. The van der Waals surface area contributed by atoms with E-state index in [1.165, 1.54) is 34.1 Å². The number of nitro benzene ring substituents is 1. The van der Waals surface area contributed by atoms with E-state index in [0.717, 1.165) is 0 Å². The number of non-ortho nitro benzene ring substituents is 1. The fraction of sp³-hybridized carbons (Fsp3) is 0.545. The number of nitro groups is 1. The van der Waals surface area contributed by atoms with Gasteiger partial charge in [-0.3, -0.25) is 24.7 Å². The zero-order chi connectivity index (χ0) is 34.4. The number of benzene rings is 2. The summed E-state index contributed by atoms with van der Waals surface area (Å²) in [6.45, 7) is 17.3. The van der Waals surface area contributed by atoms with E-state index >= 15 is 0 Å². The number of ether oxygens (including phenoxy) is 3. The topological polar surface area (TPSA) is 138 Å². The number of nitrogens with zero attached hydrogens (tertiary/aromatic N) is 3. The summed E-state index contributed by atoms with van der Waals surface area (Å²) in [4.78, 5) is 54.5. The fourth-order valence-electron chi connectivity index (χ4n) is 4.86. The summed E-state index contributed by atoms with van der Waals surface area (Å²) in [6.07, 6.45) is -2.07. The average molecular weight is 658 g/mol. The second-order valence-electron chi connectivity index (χ2n) is 13.8. The Bertz CT molecular complexity index is 1370. The van der Waals surface area contributed by atoms with Gasteiger partial charge in [-0.2, -0.15) is 0 Å². The minimum Gasteiger partial charge on any atom is -0.466 e. The molecule has 252 valence electrons. The van der Waals surface area contributed by atoms with E-state index in [1.54, 1.807) is 58.0 Å². The van der Waals surface area contributed by atoms with E-state index in [9.17, 15) is 24.5 Å². The number of amides is 2. The van der Waals surface area contributed by atoms with Gasteiger partial charge in [-0.1, -0.05) is 39.0 Å². The Balaban J connectivity index is 2.03. The Morgan fingerprint density at radius 2 is 1.59 bits per heavy atom. The molecule has 1 heterocycles. The van der Waals surface area contributed by atoms with Crippen molar-refractivity contribution in [3.8, 4) is 0 Å². The first-order chi connectivity index (χ1) is 21.3. The average Bonchev–Trinajstić information content (AvgIpc) is 3.31. The van der Waals surface area contributed by atoms with Gasteiger partial charge >= 0.3 is 18.2 Å². The molecule has 0 radical (unpaired) electrons. The highest BCUT2D eigenvalue weighted by Crippen LogP contribution is 2.41. The summed E-state index contributed by atoms with van der Waals surface area (Å²) in [5.41, 5.74) is 0.137. The van der Waals surface area contributed by atoms with Crippen molar-refractivity contribution in [3.63, 3.8) is 0 Å². The number of hydrogen-bond acceptors (Lipinski definition) is 9. The van der Waals surface area contributed by atoms with E-state index in [4.69, 9.17) is 18.6 Å². The highest BCUT2D eigenvalue weighted by Gasteiger charge is 2.54. The molecule has 0 aliphatic carbocycles. The molecule has 1 unspecified atom stereocenters. The number of rotatable bonds is 10. The van der Waals surface area contributed by atoms with Crippen LogP contribution in [-0.4, -0.2) is 73.7 Å². The second-order valence-corrected chi connectivity index (χ2v) is 18.6. The molecule has 1 fully saturated rings. The largest absolute Gasteiger partial charge is 0.466 e. The lowest BCUT2D eigenvalue weighted by Gasteiger charge is -2.39. The minimum atomic E-state index is -2.44. The number of hydrogen-bond donors (Lipinski definition) is 0. The maximum absolute atomic E-state index is 13.7. The molecule has 46 heavy (non-hydrogen) atoms. The summed E-state index contributed by atoms with van der Waals surface area (Å²) < 4.78 is 23.7. The smallest absolute Gasteiger partial charge is 0.414 e. The maximum atomic E-state index is 13.7. The summed E-state index contributed by atoms with van der Waals surface area (Å²) in [5, 5.41) is 10.9. The highest BCUT2D eigenvalue weighted by atomic mass is 28.4. The van der Waals surface area contributed by atoms with E-state index in [0.29, 0.717) is 11.3 Å². The van der Waals surface area contributed by atoms with Crippen molar-refractivity contribution < 1.29 is 37.9 Å². The molecule has 1 aliphatic rings. The van der Waals surface area contributed by atoms with Crippen LogP contribution in [0.3, 0.4) is 0 Å². The molecule has 3 atom stereocenters. The third kappa shape index (κ3) is 9.29. The summed E-state index contributed by atoms with van der Waals surface area (Å²) in [6, 6.07) is 13.6. The third-order valence-corrected chi connectivity index (χ3v) is 12.7. The van der Waals surface area contributed by atoms with Crippen molar-refractivity contribution in [2.75, 3.05) is 24.6 Å². The van der Waals surface area contributed by atoms with Crippen LogP contribution in [0.5, 0.6) is 0 Å². The Morgan fingerprint density at radius 1 is 0.978 bits per heavy atom. The van der Waals surface area contributed by atoms with Gasteiger partial charge in [-0.05, 0) is 75.7 Å². The number of para-hydroxylation sites is 1. The van der Waals surface area contributed by atoms with Gasteiger partial charge in [-0.15, -0.1) is 0 Å². The molecule has 0 bridgehead atoms. The molecule has 13 heteroatoms. The van der Waals surface area contributed by atoms with Gasteiger partial charge in [0.1, 0.15) is 18.1 Å². The monoisotopic (exact) mass is 657 g/mol. The molecule has 2 aromatic rings. The summed E-state index contributed by atoms with van der Waals surface area (Å²) >= 11 is 0. The van der Waals surface area contributed by atoms with Crippen LogP contribution in [0.1, 0.15) is 54.0 Å². The van der Waals surface area contributed by atoms with Gasteiger partial charge in [-0.25, -0.2) is 9.59 Å². The normalized spacial score (nSPS) is 18.5. The number of likely N-dealkylation sites (tertiary alicyclic amines) is 1. The van der Waals surface area contributed by atoms with Crippen molar-refractivity contribution >= 4 is 37.8 Å². The molecule has 2 aromatic carbocycles. The molecule has 0 N–H and O–H groups in total. The predicted octanol–water partition coefficient (Wildman–Crippen LogP) is 6.93. The van der Waals surface area contributed by atoms with Crippen LogP contribution in [-0.2, 0) is 30.0 Å². The van der Waals surface area contributed by atoms with Crippen LogP contribution in [0.25, 0.3) is 0 Å². The zero-order valence-corrected chi connectivity index (χ0v) is 29.3. The Morgan fingerprint density at radius 3 is 2.11 bits per heavy atom. The van der Waals surface area contributed by atoms with Gasteiger partial charge in [0, 0.05) is 17.8 Å². The fourth-order valence-corrected chi connectivity index (χ4v) is 6.19. The standard InChI is InChI=1S/C33H47N3O9Si/c1-10-42-29(37)28-26(35(31(39)44-32(2,3)4)21-27(28)45-46(8,9)33(5,6)7)20-34(24-14-12-11-13-15-24)30(38)43-22-23-16-18-25(19-17-23)36(40)41/h11-19,26-28H,10,20-22H2,1-9H3/t26-,27+,28?/m1/s1. The molecule has 1 saturated heterocycles. The highest BCUT2D eigenvalue weighted by molar-refractivity contribution is 6.74. The van der Waals surface area contributed by atoms with Gasteiger partial charge in [0.2, 0.25) is 0 Å². The minimum absolute atomic E-state index is 0.0655. The van der Waals surface area contributed by atoms with E-state index in [1.807, 2.05) is 0 Å². The SMILES string of the molecule is CCOC(=O)C1[C@@H](O[Si](C)(C)C(C)(C)C)CN(C(=O)OC(C)(C)C)[C@@H]1CN(C(=O)OCc1ccc([N+](=O)[O-])cc1)c1ccccc1. The van der Waals surface area contributed by atoms with Crippen LogP contribution in [0, 0.1) is 16.0 Å². The first-order valence-electron chi connectivity index (χ1n) is 15.4. The summed E-state index contributed by atoms with van der Waals surface area (Å²) in [7, 11) is -2.44. The van der Waals surface area contributed by atoms with Crippen LogP contribution < -0.4 is 4.90 Å². The summed E-state index contributed by atoms with van der Waals surface area (Å²) in [5.74, 6) is -1.45. The van der Waals surface area contributed by atoms with Gasteiger partial charge in [0.05, 0.1) is 36.8 Å². The van der Waals surface area contributed by atoms with Gasteiger partial charge in [0.25, 0.3) is 5.69 Å². The van der Waals surface area contributed by atoms with Crippen LogP contribution in [0.2, 0.25) is 18.1 Å². The van der Waals surface area contributed by atoms with Crippen LogP contribution in [0.4, 0.5) is 21.0 Å². The zero-order valence-electron chi connectivity index (χ0n) is 28.3. The Labute approximate surface area is 272 Å². The van der Waals surface area contributed by atoms with E-state index < -0.39 is 55.1 Å². The van der Waals surface area contributed by atoms with Crippen molar-refractivity contribution in [3.05, 3.63) is 70.3 Å². The van der Waals surface area contributed by atoms with Crippen molar-refractivity contribution in [1.82, 2.24) is 4.90 Å². The third-order valence-electron chi connectivity index (χ3n) is 8.20. The van der Waals surface area contributed by atoms with Gasteiger partial charge < -0.3 is 18.6 Å². The quantitative estimate of drug-likeness (QED) is 0.0875. The molecular weight excluding hydrogens is 610 g/mol. The number of esters is 1. The molecule has 0 spiro atoms. The first-order valence-corrected chi connectivity index (χ1v) is 18.3. The second kappa shape index (κ2) is 14.6. The molecular formula is C33H47N3O9Si. The Kier molecular flexibility index (Phi) is 11.6. The van der Waals surface area contributed by atoms with Crippen molar-refractivity contribution in [1.29, 1.82) is 0 Å². The lowest BCUT2D eigenvalue weighted by atomic mass is 9.97. The predicted molar refractivity (Wildman–Crippen MR) is 176 cm³/mol. The lowest BCUT2D eigenvalue weighted by molar-refractivity contribution is -0.384. The first kappa shape index (κ1) is 36.5. The lowest BCUT2D eigenvalue weighted by Crippen LogP contribution is -2.51. The number of anilines is 1. The van der Waals surface area contributed by atoms with E-state index in [2.05, 4.69) is 33.9 Å². The molecule has 1 aliphatic heterocycles. The van der Waals surface area contributed by atoms with E-state index in [-0.39, 0.29) is 37.0 Å². The molecule has 3 rings (SSSR count). The molecule has 2 amide bonds.